The second kappa shape index (κ2) is 7.82. The van der Waals surface area contributed by atoms with Gasteiger partial charge in [0.25, 0.3) is 0 Å². The normalized spacial score (nSPS) is 13.4. The number of fused-ring (bicyclic) bond motifs is 7. The van der Waals surface area contributed by atoms with Gasteiger partial charge in [-0.15, -0.1) is 0 Å². The minimum absolute atomic E-state index is 0.152. The van der Waals surface area contributed by atoms with Crippen molar-refractivity contribution < 1.29 is 4.57 Å². The fourth-order valence-electron chi connectivity index (χ4n) is 7.02. The number of rotatable bonds is 2. The Labute approximate surface area is 232 Å². The Balaban J connectivity index is 1.88. The summed E-state index contributed by atoms with van der Waals surface area (Å²) in [6, 6.07) is 21.4. The molecule has 0 saturated heterocycles. The topological polar surface area (TPSA) is 8.29 Å². The molecule has 3 aromatic heterocycles. The molecule has 0 atom stereocenters. The fourth-order valence-corrected chi connectivity index (χ4v) is 8.18. The monoisotopic (exact) mass is 527 g/mol. The smallest absolute Gasteiger partial charge is 0.224 e. The van der Waals surface area contributed by atoms with E-state index < -0.39 is 8.07 Å². The van der Waals surface area contributed by atoms with Gasteiger partial charge in [0, 0.05) is 16.8 Å². The van der Waals surface area contributed by atoms with Crippen LogP contribution in [-0.4, -0.2) is 12.5 Å². The van der Waals surface area contributed by atoms with Gasteiger partial charge in [-0.05, 0) is 59.0 Å². The summed E-state index contributed by atoms with van der Waals surface area (Å²) in [4.78, 5) is 0. The van der Waals surface area contributed by atoms with Crippen LogP contribution in [0.1, 0.15) is 37.5 Å². The van der Waals surface area contributed by atoms with Crippen molar-refractivity contribution in [1.82, 2.24) is 4.40 Å². The Hall–Kier alpha value is -3.43. The lowest BCUT2D eigenvalue weighted by atomic mass is 9.83. The molecule has 4 aromatic carbocycles. The molecular weight excluding hydrogens is 488 g/mol. The van der Waals surface area contributed by atoms with Gasteiger partial charge in [0.1, 0.15) is 7.05 Å². The molecule has 0 spiro atoms. The summed E-state index contributed by atoms with van der Waals surface area (Å²) in [5, 5.41) is 11.2. The van der Waals surface area contributed by atoms with Gasteiger partial charge in [-0.3, -0.25) is 0 Å². The lowest BCUT2D eigenvalue weighted by Crippen LogP contribution is -2.37. The third kappa shape index (κ3) is 3.42. The number of hydrogen-bond acceptors (Lipinski definition) is 0. The van der Waals surface area contributed by atoms with Crippen LogP contribution in [0.2, 0.25) is 19.6 Å². The first kappa shape index (κ1) is 24.6. The second-order valence-corrected chi connectivity index (χ2v) is 19.2. The average molecular weight is 528 g/mol. The molecule has 0 radical (unpaired) electrons. The van der Waals surface area contributed by atoms with Crippen LogP contribution in [0.4, 0.5) is 0 Å². The second-order valence-electron chi connectivity index (χ2n) is 14.1. The van der Waals surface area contributed by atoms with E-state index in [2.05, 4.69) is 131 Å². The highest BCUT2D eigenvalue weighted by atomic mass is 28.3. The molecule has 39 heavy (non-hydrogen) atoms. The van der Waals surface area contributed by atoms with Crippen LogP contribution < -0.4 is 9.75 Å². The summed E-state index contributed by atoms with van der Waals surface area (Å²) in [7, 11) is 0.758. The van der Waals surface area contributed by atoms with Gasteiger partial charge in [0.05, 0.1) is 35.4 Å². The van der Waals surface area contributed by atoms with E-state index in [0.29, 0.717) is 0 Å². The molecule has 0 aliphatic rings. The van der Waals surface area contributed by atoms with Crippen LogP contribution in [0.25, 0.3) is 59.8 Å². The molecule has 0 unspecified atom stereocenters. The van der Waals surface area contributed by atoms with E-state index in [1.165, 1.54) is 81.6 Å². The Morgan fingerprint density at radius 3 is 2.23 bits per heavy atom. The Morgan fingerprint density at radius 1 is 0.769 bits per heavy atom. The molecule has 2 nitrogen and oxygen atoms in total. The van der Waals surface area contributed by atoms with Crippen LogP contribution in [0.3, 0.4) is 0 Å². The summed E-state index contributed by atoms with van der Waals surface area (Å²) in [5.41, 5.74) is 9.77. The quantitative estimate of drug-likeness (QED) is 0.0919. The zero-order valence-corrected chi connectivity index (χ0v) is 25.9. The predicted octanol–water partition coefficient (Wildman–Crippen LogP) is 8.72. The maximum atomic E-state index is 2.65. The highest BCUT2D eigenvalue weighted by Crippen LogP contribution is 2.45. The first-order valence-corrected chi connectivity index (χ1v) is 17.8. The molecule has 7 aromatic rings. The molecule has 0 saturated carbocycles. The van der Waals surface area contributed by atoms with Crippen LogP contribution in [-0.2, 0) is 13.5 Å². The van der Waals surface area contributed by atoms with Crippen molar-refractivity contribution in [3.63, 3.8) is 0 Å². The van der Waals surface area contributed by atoms with Crippen molar-refractivity contribution in [1.29, 1.82) is 0 Å². The van der Waals surface area contributed by atoms with Crippen LogP contribution >= 0.6 is 0 Å². The number of aryl methyl sites for hydroxylation is 3. The predicted molar refractivity (Wildman–Crippen MR) is 173 cm³/mol. The minimum Gasteiger partial charge on any atom is -0.307 e. The molecule has 3 heterocycles. The van der Waals surface area contributed by atoms with E-state index in [9.17, 15) is 0 Å². The lowest BCUT2D eigenvalue weighted by Gasteiger charge is -2.24. The van der Waals surface area contributed by atoms with Gasteiger partial charge in [0.15, 0.2) is 6.20 Å². The van der Waals surface area contributed by atoms with Crippen molar-refractivity contribution in [3.8, 4) is 0 Å². The Kier molecular flexibility index (Phi) is 4.93. The maximum absolute atomic E-state index is 2.65. The van der Waals surface area contributed by atoms with Crippen LogP contribution in [0, 0.1) is 19.3 Å². The van der Waals surface area contributed by atoms with E-state index in [4.69, 9.17) is 0 Å². The molecule has 0 amide bonds. The van der Waals surface area contributed by atoms with Gasteiger partial charge < -0.3 is 4.40 Å². The van der Waals surface area contributed by atoms with Crippen molar-refractivity contribution in [2.75, 3.05) is 0 Å². The third-order valence-corrected chi connectivity index (χ3v) is 10.9. The van der Waals surface area contributed by atoms with E-state index in [-0.39, 0.29) is 5.41 Å². The van der Waals surface area contributed by atoms with Crippen molar-refractivity contribution in [3.05, 3.63) is 77.5 Å². The van der Waals surface area contributed by atoms with E-state index in [1.54, 1.807) is 0 Å². The molecule has 0 aliphatic carbocycles. The van der Waals surface area contributed by atoms with Crippen molar-refractivity contribution in [2.45, 2.75) is 60.7 Å². The first-order chi connectivity index (χ1) is 18.3. The molecular formula is C36H39N2Si+. The standard InChI is InChI=1S/C36H39N2Si/c1-21-10-13-25-27(18-21)22(2)31-34(29(25)20-36(3,4)5)38-30-15-12-24(39(7,8)9)19-28(30)26-14-11-23-16-17-37(6)35(31)32(23)33(26)38/h10-19H,20H2,1-9H3/q+1. The SMILES string of the molecule is Cc1ccc2c(CC(C)(C)C)c3c(c(C)c2c1)c1c2c(ccc4c5cc([Si](C)(C)C)ccc5n3c42)cc[n+]1C. The Morgan fingerprint density at radius 2 is 1.51 bits per heavy atom. The first-order valence-electron chi connectivity index (χ1n) is 14.3. The summed E-state index contributed by atoms with van der Waals surface area (Å²) in [6.07, 6.45) is 3.27. The van der Waals surface area contributed by atoms with Gasteiger partial charge in [0.2, 0.25) is 5.52 Å². The van der Waals surface area contributed by atoms with E-state index >= 15 is 0 Å². The zero-order chi connectivity index (χ0) is 27.6. The molecule has 0 aliphatic heterocycles. The number of aromatic nitrogens is 2. The van der Waals surface area contributed by atoms with Gasteiger partial charge >= 0.3 is 0 Å². The average Bonchev–Trinajstić information content (AvgIpc) is 3.19. The van der Waals surface area contributed by atoms with Crippen LogP contribution in [0.5, 0.6) is 0 Å². The molecule has 0 bridgehead atoms. The molecule has 196 valence electrons. The van der Waals surface area contributed by atoms with E-state index in [0.717, 1.165) is 6.42 Å². The molecule has 0 N–H and O–H groups in total. The molecule has 3 heteroatoms. The summed E-state index contributed by atoms with van der Waals surface area (Å²) >= 11 is 0. The largest absolute Gasteiger partial charge is 0.307 e. The number of hydrogen-bond donors (Lipinski definition) is 0. The maximum Gasteiger partial charge on any atom is 0.224 e. The third-order valence-electron chi connectivity index (χ3n) is 8.86. The highest BCUT2D eigenvalue weighted by Gasteiger charge is 2.29. The van der Waals surface area contributed by atoms with Gasteiger partial charge in [-0.25, -0.2) is 4.57 Å². The van der Waals surface area contributed by atoms with Gasteiger partial charge in [-0.1, -0.05) is 93.6 Å². The fraction of sp³-hybridized carbons (Fsp3) is 0.306. The van der Waals surface area contributed by atoms with E-state index in [1.807, 2.05) is 0 Å². The highest BCUT2D eigenvalue weighted by molar-refractivity contribution is 6.88. The zero-order valence-electron chi connectivity index (χ0n) is 24.9. The van der Waals surface area contributed by atoms with Gasteiger partial charge in [-0.2, -0.15) is 0 Å². The number of pyridine rings is 2. The summed E-state index contributed by atoms with van der Waals surface area (Å²) < 4.78 is 5.02. The summed E-state index contributed by atoms with van der Waals surface area (Å²) in [5.74, 6) is 0. The Bertz CT molecular complexity index is 2130. The summed E-state index contributed by atoms with van der Waals surface area (Å²) in [6.45, 7) is 19.0. The number of benzene rings is 4. The lowest BCUT2D eigenvalue weighted by molar-refractivity contribution is -0.643. The van der Waals surface area contributed by atoms with Crippen molar-refractivity contribution >= 4 is 73.0 Å². The minimum atomic E-state index is -1.47. The molecule has 0 fully saturated rings. The van der Waals surface area contributed by atoms with Crippen molar-refractivity contribution in [2.24, 2.45) is 12.5 Å². The molecule has 7 rings (SSSR count). The van der Waals surface area contributed by atoms with Crippen LogP contribution in [0.15, 0.2) is 60.8 Å². The number of nitrogens with zero attached hydrogens (tertiary/aromatic N) is 2.